The Morgan fingerprint density at radius 3 is 2.94 bits per heavy atom. The van der Waals surface area contributed by atoms with Gasteiger partial charge in [-0.25, -0.2) is 9.07 Å². The molecule has 1 heterocycles. The predicted octanol–water partition coefficient (Wildman–Crippen LogP) is 1.56. The molecule has 0 amide bonds. The van der Waals surface area contributed by atoms with Crippen molar-refractivity contribution in [2.75, 3.05) is 13.6 Å². The van der Waals surface area contributed by atoms with Gasteiger partial charge in [0.2, 0.25) is 0 Å². The minimum atomic E-state index is -0.284. The molecule has 1 aromatic heterocycles. The summed E-state index contributed by atoms with van der Waals surface area (Å²) in [5.41, 5.74) is 1.37. The van der Waals surface area contributed by atoms with Crippen LogP contribution in [-0.4, -0.2) is 28.6 Å². The zero-order valence-corrected chi connectivity index (χ0v) is 9.73. The third-order valence-electron chi connectivity index (χ3n) is 2.56. The molecule has 0 saturated heterocycles. The van der Waals surface area contributed by atoms with E-state index in [2.05, 4.69) is 15.6 Å². The van der Waals surface area contributed by atoms with Gasteiger partial charge in [-0.1, -0.05) is 17.3 Å². The van der Waals surface area contributed by atoms with Gasteiger partial charge in [0.1, 0.15) is 11.5 Å². The minimum Gasteiger partial charge on any atom is -0.320 e. The zero-order valence-electron chi connectivity index (χ0n) is 9.73. The van der Waals surface area contributed by atoms with E-state index in [0.29, 0.717) is 5.69 Å². The monoisotopic (exact) mass is 234 g/mol. The first-order valence-electron chi connectivity index (χ1n) is 5.62. The molecular formula is C12H15FN4. The largest absolute Gasteiger partial charge is 0.320 e. The van der Waals surface area contributed by atoms with Gasteiger partial charge in [0.25, 0.3) is 0 Å². The lowest BCUT2D eigenvalue weighted by Crippen LogP contribution is -2.10. The molecular weight excluding hydrogens is 219 g/mol. The van der Waals surface area contributed by atoms with Gasteiger partial charge in [0.05, 0.1) is 11.9 Å². The number of aryl methyl sites for hydroxylation is 1. The van der Waals surface area contributed by atoms with E-state index in [9.17, 15) is 4.39 Å². The quantitative estimate of drug-likeness (QED) is 0.798. The Kier molecular flexibility index (Phi) is 3.82. The van der Waals surface area contributed by atoms with Crippen LogP contribution in [0.15, 0.2) is 30.5 Å². The maximum atomic E-state index is 13.6. The first-order chi connectivity index (χ1) is 8.33. The van der Waals surface area contributed by atoms with Crippen LogP contribution in [-0.2, 0) is 6.42 Å². The van der Waals surface area contributed by atoms with Gasteiger partial charge in [-0.15, -0.1) is 5.10 Å². The van der Waals surface area contributed by atoms with Crippen LogP contribution in [0.2, 0.25) is 0 Å². The van der Waals surface area contributed by atoms with Crippen LogP contribution >= 0.6 is 0 Å². The lowest BCUT2D eigenvalue weighted by molar-refractivity contribution is 0.599. The highest BCUT2D eigenvalue weighted by Gasteiger charge is 2.09. The number of nitrogens with zero attached hydrogens (tertiary/aromatic N) is 3. The summed E-state index contributed by atoms with van der Waals surface area (Å²) >= 11 is 0. The van der Waals surface area contributed by atoms with Crippen LogP contribution in [0.1, 0.15) is 12.1 Å². The highest BCUT2D eigenvalue weighted by atomic mass is 19.1. The molecule has 4 nitrogen and oxygen atoms in total. The van der Waals surface area contributed by atoms with Crippen molar-refractivity contribution >= 4 is 0 Å². The summed E-state index contributed by atoms with van der Waals surface area (Å²) in [6, 6.07) is 6.58. The summed E-state index contributed by atoms with van der Waals surface area (Å²) in [4.78, 5) is 0. The van der Waals surface area contributed by atoms with E-state index in [0.717, 1.165) is 25.1 Å². The average molecular weight is 234 g/mol. The Labute approximate surface area is 99.5 Å². The molecule has 0 bridgehead atoms. The molecule has 2 rings (SSSR count). The van der Waals surface area contributed by atoms with Crippen LogP contribution in [0, 0.1) is 5.82 Å². The van der Waals surface area contributed by atoms with Gasteiger partial charge in [0, 0.05) is 0 Å². The number of rotatable bonds is 5. The van der Waals surface area contributed by atoms with E-state index in [1.807, 2.05) is 7.05 Å². The van der Waals surface area contributed by atoms with Gasteiger partial charge >= 0.3 is 0 Å². The van der Waals surface area contributed by atoms with Crippen molar-refractivity contribution in [3.63, 3.8) is 0 Å². The van der Waals surface area contributed by atoms with Gasteiger partial charge in [0.15, 0.2) is 0 Å². The molecule has 0 fully saturated rings. The van der Waals surface area contributed by atoms with E-state index in [4.69, 9.17) is 0 Å². The predicted molar refractivity (Wildman–Crippen MR) is 63.6 cm³/mol. The topological polar surface area (TPSA) is 42.7 Å². The molecule has 0 unspecified atom stereocenters. The number of hydrogen-bond acceptors (Lipinski definition) is 3. The number of para-hydroxylation sites is 1. The van der Waals surface area contributed by atoms with Crippen molar-refractivity contribution in [3.05, 3.63) is 42.0 Å². The van der Waals surface area contributed by atoms with E-state index in [1.165, 1.54) is 6.07 Å². The van der Waals surface area contributed by atoms with E-state index in [1.54, 1.807) is 29.1 Å². The van der Waals surface area contributed by atoms with Crippen molar-refractivity contribution in [2.24, 2.45) is 0 Å². The minimum absolute atomic E-state index is 0.284. The summed E-state index contributed by atoms with van der Waals surface area (Å²) in [6.07, 6.45) is 3.47. The Hall–Kier alpha value is -1.75. The molecule has 0 aliphatic carbocycles. The Morgan fingerprint density at radius 2 is 2.18 bits per heavy atom. The lowest BCUT2D eigenvalue weighted by atomic mass is 10.2. The second kappa shape index (κ2) is 5.54. The highest BCUT2D eigenvalue weighted by molar-refractivity contribution is 5.33. The molecule has 5 heteroatoms. The van der Waals surface area contributed by atoms with E-state index >= 15 is 0 Å². The Balaban J connectivity index is 2.22. The number of aromatic nitrogens is 3. The SMILES string of the molecule is CNCCCc1cnnn1-c1ccccc1F. The second-order valence-corrected chi connectivity index (χ2v) is 3.80. The van der Waals surface area contributed by atoms with Crippen molar-refractivity contribution in [2.45, 2.75) is 12.8 Å². The van der Waals surface area contributed by atoms with E-state index < -0.39 is 0 Å². The van der Waals surface area contributed by atoms with Gasteiger partial charge < -0.3 is 5.32 Å². The summed E-state index contributed by atoms with van der Waals surface area (Å²) in [6.45, 7) is 0.919. The van der Waals surface area contributed by atoms with Gasteiger partial charge in [-0.05, 0) is 38.6 Å². The first-order valence-corrected chi connectivity index (χ1v) is 5.62. The molecule has 0 saturated carbocycles. The average Bonchev–Trinajstić information content (AvgIpc) is 2.78. The molecule has 0 aliphatic rings. The van der Waals surface area contributed by atoms with Crippen molar-refractivity contribution < 1.29 is 4.39 Å². The molecule has 1 aromatic carbocycles. The Bertz CT molecular complexity index is 481. The maximum absolute atomic E-state index is 13.6. The fourth-order valence-electron chi connectivity index (χ4n) is 1.70. The Morgan fingerprint density at radius 1 is 1.35 bits per heavy atom. The summed E-state index contributed by atoms with van der Waals surface area (Å²) in [5, 5.41) is 10.9. The van der Waals surface area contributed by atoms with Crippen LogP contribution in [0.5, 0.6) is 0 Å². The van der Waals surface area contributed by atoms with Gasteiger partial charge in [-0.2, -0.15) is 0 Å². The smallest absolute Gasteiger partial charge is 0.148 e. The molecule has 0 radical (unpaired) electrons. The summed E-state index contributed by atoms with van der Waals surface area (Å²) < 4.78 is 15.2. The number of benzene rings is 1. The number of halogens is 1. The van der Waals surface area contributed by atoms with Crippen LogP contribution in [0.3, 0.4) is 0 Å². The van der Waals surface area contributed by atoms with Crippen LogP contribution in [0.25, 0.3) is 5.69 Å². The second-order valence-electron chi connectivity index (χ2n) is 3.80. The zero-order chi connectivity index (χ0) is 12.1. The molecule has 0 atom stereocenters. The summed E-state index contributed by atoms with van der Waals surface area (Å²) in [5.74, 6) is -0.284. The van der Waals surface area contributed by atoms with Crippen LogP contribution in [0.4, 0.5) is 4.39 Å². The van der Waals surface area contributed by atoms with Crippen molar-refractivity contribution in [3.8, 4) is 5.69 Å². The number of hydrogen-bond donors (Lipinski definition) is 1. The van der Waals surface area contributed by atoms with Crippen molar-refractivity contribution in [1.82, 2.24) is 20.3 Å². The van der Waals surface area contributed by atoms with Crippen molar-refractivity contribution in [1.29, 1.82) is 0 Å². The number of nitrogens with one attached hydrogen (secondary N) is 1. The van der Waals surface area contributed by atoms with E-state index in [-0.39, 0.29) is 5.82 Å². The molecule has 0 spiro atoms. The normalized spacial score (nSPS) is 10.7. The molecule has 90 valence electrons. The maximum Gasteiger partial charge on any atom is 0.148 e. The van der Waals surface area contributed by atoms with Gasteiger partial charge in [-0.3, -0.25) is 0 Å². The molecule has 17 heavy (non-hydrogen) atoms. The fourth-order valence-corrected chi connectivity index (χ4v) is 1.70. The molecule has 2 aromatic rings. The third kappa shape index (κ3) is 2.68. The summed E-state index contributed by atoms with van der Waals surface area (Å²) in [7, 11) is 1.91. The third-order valence-corrected chi connectivity index (χ3v) is 2.56. The first kappa shape index (κ1) is 11.7. The lowest BCUT2D eigenvalue weighted by Gasteiger charge is -2.06. The molecule has 1 N–H and O–H groups in total. The highest BCUT2D eigenvalue weighted by Crippen LogP contribution is 2.14. The van der Waals surface area contributed by atoms with Crippen LogP contribution < -0.4 is 5.32 Å². The molecule has 0 aliphatic heterocycles. The standard InChI is InChI=1S/C12H15FN4/c1-14-8-4-5-10-9-15-16-17(10)12-7-3-2-6-11(12)13/h2-3,6-7,9,14H,4-5,8H2,1H3. The fraction of sp³-hybridized carbons (Fsp3) is 0.333.